The van der Waals surface area contributed by atoms with E-state index in [0.29, 0.717) is 12.5 Å². The first-order chi connectivity index (χ1) is 11.1. The monoisotopic (exact) mass is 396 g/mol. The van der Waals surface area contributed by atoms with Crippen LogP contribution in [0.5, 0.6) is 0 Å². The third-order valence-electron chi connectivity index (χ3n) is 4.41. The van der Waals surface area contributed by atoms with Gasteiger partial charge in [0.05, 0.1) is 0 Å². The highest BCUT2D eigenvalue weighted by atomic mass is 79.9. The Labute approximate surface area is 153 Å². The molecule has 1 unspecified atom stereocenters. The molecule has 5 heteroatoms. The summed E-state index contributed by atoms with van der Waals surface area (Å²) in [7, 11) is 0. The van der Waals surface area contributed by atoms with E-state index in [-0.39, 0.29) is 11.6 Å². The van der Waals surface area contributed by atoms with E-state index in [2.05, 4.69) is 58.6 Å². The number of halogens is 1. The fourth-order valence-electron chi connectivity index (χ4n) is 2.69. The summed E-state index contributed by atoms with van der Waals surface area (Å²) >= 11 is 3.58. The molecule has 0 bridgehead atoms. The molecule has 4 nitrogen and oxygen atoms in total. The van der Waals surface area contributed by atoms with Gasteiger partial charge in [0.2, 0.25) is 0 Å². The van der Waals surface area contributed by atoms with Gasteiger partial charge in [-0.05, 0) is 70.6 Å². The Hall–Kier alpha value is -1.07. The van der Waals surface area contributed by atoms with Crippen LogP contribution in [0.3, 0.4) is 0 Å². The van der Waals surface area contributed by atoms with Gasteiger partial charge in [0.25, 0.3) is 0 Å². The van der Waals surface area contributed by atoms with Crippen molar-refractivity contribution in [1.29, 1.82) is 0 Å². The smallest absolute Gasteiger partial charge is 0.407 e. The number of carbonyl (C=O) groups is 1. The SMILES string of the molecule is Cc1ccc(CNC(C)(CNC(=O)OC(C)(C)C)C2CC2)cc1Br. The van der Waals surface area contributed by atoms with Crippen molar-refractivity contribution >= 4 is 22.0 Å². The van der Waals surface area contributed by atoms with Gasteiger partial charge in [0, 0.05) is 23.1 Å². The quantitative estimate of drug-likeness (QED) is 0.741. The maximum atomic E-state index is 11.9. The number of benzene rings is 1. The van der Waals surface area contributed by atoms with Gasteiger partial charge < -0.3 is 15.4 Å². The van der Waals surface area contributed by atoms with Crippen LogP contribution >= 0.6 is 15.9 Å². The largest absolute Gasteiger partial charge is 0.444 e. The molecule has 0 heterocycles. The fraction of sp³-hybridized carbons (Fsp3) is 0.632. The van der Waals surface area contributed by atoms with Crippen LogP contribution in [0, 0.1) is 12.8 Å². The van der Waals surface area contributed by atoms with Crippen LogP contribution in [0.4, 0.5) is 4.79 Å². The predicted octanol–water partition coefficient (Wildman–Crippen LogP) is 4.54. The van der Waals surface area contributed by atoms with Gasteiger partial charge in [-0.25, -0.2) is 4.79 Å². The van der Waals surface area contributed by atoms with Crippen molar-refractivity contribution in [3.8, 4) is 0 Å². The molecule has 0 saturated heterocycles. The maximum absolute atomic E-state index is 11.9. The van der Waals surface area contributed by atoms with Crippen LogP contribution in [0.2, 0.25) is 0 Å². The summed E-state index contributed by atoms with van der Waals surface area (Å²) in [4.78, 5) is 11.9. The topological polar surface area (TPSA) is 50.4 Å². The van der Waals surface area contributed by atoms with Crippen LogP contribution in [0.15, 0.2) is 22.7 Å². The second kappa shape index (κ2) is 7.44. The van der Waals surface area contributed by atoms with Crippen LogP contribution < -0.4 is 10.6 Å². The number of alkyl carbamates (subject to hydrolysis) is 1. The Morgan fingerprint density at radius 2 is 1.96 bits per heavy atom. The molecule has 2 rings (SSSR count). The lowest BCUT2D eigenvalue weighted by Gasteiger charge is -2.32. The van der Waals surface area contributed by atoms with E-state index < -0.39 is 5.60 Å². The standard InChI is InChI=1S/C19H29BrN2O2/c1-13-6-7-14(10-16(13)20)11-22-19(5,15-8-9-15)12-21-17(23)24-18(2,3)4/h6-7,10,15,22H,8-9,11-12H2,1-5H3,(H,21,23). The molecule has 1 aromatic carbocycles. The second-order valence-electron chi connectivity index (χ2n) is 7.98. The molecule has 0 spiro atoms. The number of hydrogen-bond donors (Lipinski definition) is 2. The van der Waals surface area contributed by atoms with Gasteiger partial charge >= 0.3 is 6.09 Å². The van der Waals surface area contributed by atoms with Crippen molar-refractivity contribution in [2.75, 3.05) is 6.54 Å². The summed E-state index contributed by atoms with van der Waals surface area (Å²) in [5.74, 6) is 0.598. The first-order valence-corrected chi connectivity index (χ1v) is 9.35. The summed E-state index contributed by atoms with van der Waals surface area (Å²) in [5.41, 5.74) is 1.88. The highest BCUT2D eigenvalue weighted by molar-refractivity contribution is 9.10. The van der Waals surface area contributed by atoms with Crippen LogP contribution in [-0.4, -0.2) is 23.8 Å². The zero-order valence-corrected chi connectivity index (χ0v) is 16.9. The summed E-state index contributed by atoms with van der Waals surface area (Å²) in [6.45, 7) is 11.2. The lowest BCUT2D eigenvalue weighted by atomic mass is 9.95. The molecule has 1 amide bonds. The Bertz CT molecular complexity index is 594. The summed E-state index contributed by atoms with van der Waals surface area (Å²) in [5, 5.41) is 6.57. The average Bonchev–Trinajstić information content (AvgIpc) is 3.30. The van der Waals surface area contributed by atoms with E-state index >= 15 is 0 Å². The van der Waals surface area contributed by atoms with E-state index in [9.17, 15) is 4.79 Å². The summed E-state index contributed by atoms with van der Waals surface area (Å²) in [6, 6.07) is 6.41. The molecule has 1 aliphatic carbocycles. The van der Waals surface area contributed by atoms with Crippen molar-refractivity contribution < 1.29 is 9.53 Å². The van der Waals surface area contributed by atoms with Crippen molar-refractivity contribution in [2.24, 2.45) is 5.92 Å². The molecule has 1 saturated carbocycles. The summed E-state index contributed by atoms with van der Waals surface area (Å²) < 4.78 is 6.47. The fourth-order valence-corrected chi connectivity index (χ4v) is 3.12. The lowest BCUT2D eigenvalue weighted by molar-refractivity contribution is 0.0507. The molecular weight excluding hydrogens is 368 g/mol. The molecule has 134 valence electrons. The third-order valence-corrected chi connectivity index (χ3v) is 5.26. The number of aryl methyl sites for hydroxylation is 1. The van der Waals surface area contributed by atoms with Crippen LogP contribution in [0.1, 0.15) is 51.7 Å². The molecule has 1 fully saturated rings. The molecule has 1 atom stereocenters. The summed E-state index contributed by atoms with van der Waals surface area (Å²) in [6.07, 6.45) is 2.06. The lowest BCUT2D eigenvalue weighted by Crippen LogP contribution is -2.53. The number of carbonyl (C=O) groups excluding carboxylic acids is 1. The van der Waals surface area contributed by atoms with Gasteiger partial charge in [0.1, 0.15) is 5.60 Å². The van der Waals surface area contributed by atoms with Crippen molar-refractivity contribution in [2.45, 2.75) is 65.1 Å². The zero-order valence-electron chi connectivity index (χ0n) is 15.3. The van der Waals surface area contributed by atoms with Gasteiger partial charge in [-0.15, -0.1) is 0 Å². The normalized spacial score (nSPS) is 17.2. The minimum absolute atomic E-state index is 0.117. The first-order valence-electron chi connectivity index (χ1n) is 8.56. The molecular formula is C19H29BrN2O2. The number of ether oxygens (including phenoxy) is 1. The maximum Gasteiger partial charge on any atom is 0.407 e. The molecule has 24 heavy (non-hydrogen) atoms. The number of nitrogens with one attached hydrogen (secondary N) is 2. The molecule has 0 aromatic heterocycles. The molecule has 1 aliphatic rings. The number of hydrogen-bond acceptors (Lipinski definition) is 3. The van der Waals surface area contributed by atoms with Crippen LogP contribution in [-0.2, 0) is 11.3 Å². The highest BCUT2D eigenvalue weighted by Gasteiger charge is 2.41. The van der Waals surface area contributed by atoms with Crippen molar-refractivity contribution in [1.82, 2.24) is 10.6 Å². The van der Waals surface area contributed by atoms with Gasteiger partial charge in [-0.1, -0.05) is 28.1 Å². The second-order valence-corrected chi connectivity index (χ2v) is 8.84. The Morgan fingerprint density at radius 3 is 2.50 bits per heavy atom. The van der Waals surface area contributed by atoms with E-state index in [1.807, 2.05) is 20.8 Å². The number of rotatable bonds is 6. The number of amides is 1. The Morgan fingerprint density at radius 1 is 1.29 bits per heavy atom. The first kappa shape index (κ1) is 19.3. The van der Waals surface area contributed by atoms with E-state index in [4.69, 9.17) is 4.74 Å². The molecule has 0 radical (unpaired) electrons. The van der Waals surface area contributed by atoms with Gasteiger partial charge in [-0.3, -0.25) is 0 Å². The molecule has 2 N–H and O–H groups in total. The molecule has 0 aliphatic heterocycles. The third kappa shape index (κ3) is 5.78. The Kier molecular flexibility index (Phi) is 5.97. The van der Waals surface area contributed by atoms with E-state index in [0.717, 1.165) is 11.0 Å². The minimum atomic E-state index is -0.471. The van der Waals surface area contributed by atoms with E-state index in [1.54, 1.807) is 0 Å². The minimum Gasteiger partial charge on any atom is -0.444 e. The van der Waals surface area contributed by atoms with Crippen molar-refractivity contribution in [3.05, 3.63) is 33.8 Å². The van der Waals surface area contributed by atoms with E-state index in [1.165, 1.54) is 24.0 Å². The van der Waals surface area contributed by atoms with Crippen LogP contribution in [0.25, 0.3) is 0 Å². The molecule has 1 aromatic rings. The Balaban J connectivity index is 1.92. The van der Waals surface area contributed by atoms with Gasteiger partial charge in [0.15, 0.2) is 0 Å². The zero-order chi connectivity index (χ0) is 18.0. The van der Waals surface area contributed by atoms with Crippen molar-refractivity contribution in [3.63, 3.8) is 0 Å². The highest BCUT2D eigenvalue weighted by Crippen LogP contribution is 2.39. The van der Waals surface area contributed by atoms with Gasteiger partial charge in [-0.2, -0.15) is 0 Å². The average molecular weight is 397 g/mol. The predicted molar refractivity (Wildman–Crippen MR) is 101 cm³/mol.